The molecule has 0 spiro atoms. The average Bonchev–Trinajstić information content (AvgIpc) is 2.55. The van der Waals surface area contributed by atoms with Gasteiger partial charge in [0.2, 0.25) is 0 Å². The number of rotatable bonds is 4. The summed E-state index contributed by atoms with van der Waals surface area (Å²) in [5, 5.41) is 4.49. The molecule has 1 heterocycles. The molecule has 1 aromatic rings. The Kier molecular flexibility index (Phi) is 5.35. The fourth-order valence-corrected chi connectivity index (χ4v) is 1.93. The number of anilines is 1. The first-order valence-corrected chi connectivity index (χ1v) is 7.05. The number of carbonyl (C=O) groups excluding carboxylic acids is 4. The minimum Gasteiger partial charge on any atom is -0.478 e. The smallest absolute Gasteiger partial charge is 0.413 e. The highest BCUT2D eigenvalue weighted by molar-refractivity contribution is 6.00. The molecule has 9 nitrogen and oxygen atoms in total. The van der Waals surface area contributed by atoms with E-state index in [0.29, 0.717) is 11.4 Å². The zero-order valence-corrected chi connectivity index (χ0v) is 13.0. The number of carbonyl (C=O) groups is 4. The molecular weight excluding hydrogens is 320 g/mol. The Morgan fingerprint density at radius 3 is 2.75 bits per heavy atom. The lowest BCUT2D eigenvalue weighted by atomic mass is 10.1. The summed E-state index contributed by atoms with van der Waals surface area (Å²) in [5.41, 5.74) is 0.512. The maximum atomic E-state index is 11.9. The molecule has 0 saturated heterocycles. The van der Waals surface area contributed by atoms with Crippen LogP contribution >= 0.6 is 0 Å². The Bertz CT molecular complexity index is 674. The van der Waals surface area contributed by atoms with Gasteiger partial charge in [-0.15, -0.1) is 0 Å². The van der Waals surface area contributed by atoms with Crippen molar-refractivity contribution >= 4 is 29.6 Å². The molecule has 0 bridgehead atoms. The van der Waals surface area contributed by atoms with Gasteiger partial charge in [0.25, 0.3) is 11.8 Å². The van der Waals surface area contributed by atoms with E-state index in [-0.39, 0.29) is 6.42 Å². The standard InChI is InChI=1S/C15H16N2O7/c1-8(13(19)17-15(21)22-2)23-12(18)7-11-14(20)16-9-5-3-4-6-10(9)24-11/h3-6,8,11H,7H2,1-2H3,(H,16,20)(H,17,19,21)/t8-,11-/m0/s1. The molecule has 0 saturated carbocycles. The van der Waals surface area contributed by atoms with E-state index >= 15 is 0 Å². The van der Waals surface area contributed by atoms with Crippen LogP contribution in [-0.2, 0) is 23.9 Å². The van der Waals surface area contributed by atoms with E-state index in [1.165, 1.54) is 6.92 Å². The van der Waals surface area contributed by atoms with Crippen LogP contribution in [0.25, 0.3) is 0 Å². The van der Waals surface area contributed by atoms with Gasteiger partial charge in [0.15, 0.2) is 12.2 Å². The van der Waals surface area contributed by atoms with E-state index in [4.69, 9.17) is 9.47 Å². The van der Waals surface area contributed by atoms with Crippen molar-refractivity contribution in [3.8, 4) is 5.75 Å². The summed E-state index contributed by atoms with van der Waals surface area (Å²) in [7, 11) is 1.09. The molecule has 1 aliphatic rings. The van der Waals surface area contributed by atoms with Crippen LogP contribution in [0.5, 0.6) is 5.75 Å². The maximum Gasteiger partial charge on any atom is 0.413 e. The molecule has 3 amide bonds. The minimum atomic E-state index is -1.23. The Balaban J connectivity index is 1.89. The molecule has 1 aromatic carbocycles. The van der Waals surface area contributed by atoms with Gasteiger partial charge in [0.05, 0.1) is 19.2 Å². The van der Waals surface area contributed by atoms with Crippen molar-refractivity contribution in [2.75, 3.05) is 12.4 Å². The van der Waals surface area contributed by atoms with Crippen LogP contribution in [0.4, 0.5) is 10.5 Å². The highest BCUT2D eigenvalue weighted by atomic mass is 16.6. The fourth-order valence-electron chi connectivity index (χ4n) is 1.93. The molecule has 0 unspecified atom stereocenters. The molecular formula is C15H16N2O7. The lowest BCUT2D eigenvalue weighted by Gasteiger charge is -2.25. The molecule has 0 fully saturated rings. The Morgan fingerprint density at radius 1 is 1.33 bits per heavy atom. The van der Waals surface area contributed by atoms with Crippen molar-refractivity contribution < 1.29 is 33.4 Å². The molecule has 24 heavy (non-hydrogen) atoms. The quantitative estimate of drug-likeness (QED) is 0.772. The summed E-state index contributed by atoms with van der Waals surface area (Å²) in [5.74, 6) is -1.71. The molecule has 128 valence electrons. The first kappa shape index (κ1) is 17.3. The lowest BCUT2D eigenvalue weighted by molar-refractivity contribution is -0.157. The molecule has 1 aliphatic heterocycles. The second kappa shape index (κ2) is 7.44. The van der Waals surface area contributed by atoms with Crippen molar-refractivity contribution in [2.24, 2.45) is 0 Å². The SMILES string of the molecule is COC(=O)NC(=O)[C@H](C)OC(=O)C[C@@H]1Oc2ccccc2NC1=O. The van der Waals surface area contributed by atoms with E-state index < -0.39 is 36.1 Å². The number of nitrogens with one attached hydrogen (secondary N) is 2. The van der Waals surface area contributed by atoms with E-state index in [9.17, 15) is 19.2 Å². The first-order chi connectivity index (χ1) is 11.4. The van der Waals surface area contributed by atoms with Crippen LogP contribution in [0, 0.1) is 0 Å². The summed E-state index contributed by atoms with van der Waals surface area (Å²) in [6.07, 6.45) is -3.64. The number of imide groups is 1. The van der Waals surface area contributed by atoms with Crippen LogP contribution in [0.1, 0.15) is 13.3 Å². The molecule has 9 heteroatoms. The van der Waals surface area contributed by atoms with Crippen molar-refractivity contribution in [2.45, 2.75) is 25.6 Å². The largest absolute Gasteiger partial charge is 0.478 e. The second-order valence-corrected chi connectivity index (χ2v) is 4.91. The van der Waals surface area contributed by atoms with Crippen LogP contribution in [-0.4, -0.2) is 43.2 Å². The third kappa shape index (κ3) is 4.22. The summed E-state index contributed by atoms with van der Waals surface area (Å²) in [6, 6.07) is 6.78. The number of alkyl carbamates (subject to hydrolysis) is 1. The van der Waals surface area contributed by atoms with E-state index in [0.717, 1.165) is 7.11 Å². The number of esters is 1. The molecule has 0 radical (unpaired) electrons. The van der Waals surface area contributed by atoms with Gasteiger partial charge in [0, 0.05) is 0 Å². The highest BCUT2D eigenvalue weighted by Gasteiger charge is 2.31. The van der Waals surface area contributed by atoms with Crippen molar-refractivity contribution in [3.63, 3.8) is 0 Å². The molecule has 2 N–H and O–H groups in total. The summed E-state index contributed by atoms with van der Waals surface area (Å²) in [4.78, 5) is 46.3. The number of benzene rings is 1. The molecule has 0 aromatic heterocycles. The highest BCUT2D eigenvalue weighted by Crippen LogP contribution is 2.29. The van der Waals surface area contributed by atoms with Gasteiger partial charge < -0.3 is 19.5 Å². The Labute approximate surface area is 137 Å². The number of amides is 3. The zero-order chi connectivity index (χ0) is 17.7. The predicted octanol–water partition coefficient (Wildman–Crippen LogP) is 0.590. The van der Waals surface area contributed by atoms with Crippen LogP contribution in [0.3, 0.4) is 0 Å². The summed E-state index contributed by atoms with van der Waals surface area (Å²) in [6.45, 7) is 1.28. The summed E-state index contributed by atoms with van der Waals surface area (Å²) >= 11 is 0. The van der Waals surface area contributed by atoms with Gasteiger partial charge in [-0.25, -0.2) is 4.79 Å². The molecule has 2 atom stereocenters. The van der Waals surface area contributed by atoms with Crippen LogP contribution in [0.15, 0.2) is 24.3 Å². The van der Waals surface area contributed by atoms with Gasteiger partial charge in [0.1, 0.15) is 5.75 Å². The number of ether oxygens (including phenoxy) is 3. The monoisotopic (exact) mass is 336 g/mol. The van der Waals surface area contributed by atoms with Crippen molar-refractivity contribution in [1.29, 1.82) is 0 Å². The van der Waals surface area contributed by atoms with Crippen molar-refractivity contribution in [1.82, 2.24) is 5.32 Å². The average molecular weight is 336 g/mol. The maximum absolute atomic E-state index is 11.9. The van der Waals surface area contributed by atoms with Crippen molar-refractivity contribution in [3.05, 3.63) is 24.3 Å². The van der Waals surface area contributed by atoms with Gasteiger partial charge in [-0.2, -0.15) is 0 Å². The second-order valence-electron chi connectivity index (χ2n) is 4.91. The molecule has 0 aliphatic carbocycles. The Hall–Kier alpha value is -3.10. The topological polar surface area (TPSA) is 120 Å². The Morgan fingerprint density at radius 2 is 2.04 bits per heavy atom. The third-order valence-electron chi connectivity index (χ3n) is 3.15. The lowest BCUT2D eigenvalue weighted by Crippen LogP contribution is -2.42. The summed E-state index contributed by atoms with van der Waals surface area (Å²) < 4.78 is 14.6. The van der Waals surface area contributed by atoms with E-state index in [2.05, 4.69) is 10.1 Å². The molecule has 2 rings (SSSR count). The van der Waals surface area contributed by atoms with Gasteiger partial charge in [-0.05, 0) is 19.1 Å². The fraction of sp³-hybridized carbons (Fsp3) is 0.333. The van der Waals surface area contributed by atoms with Crippen LogP contribution in [0.2, 0.25) is 0 Å². The van der Waals surface area contributed by atoms with Crippen LogP contribution < -0.4 is 15.4 Å². The predicted molar refractivity (Wildman–Crippen MR) is 80.2 cm³/mol. The zero-order valence-electron chi connectivity index (χ0n) is 13.0. The number of methoxy groups -OCH3 is 1. The van der Waals surface area contributed by atoms with E-state index in [1.54, 1.807) is 24.3 Å². The van der Waals surface area contributed by atoms with Gasteiger partial charge >= 0.3 is 12.1 Å². The first-order valence-electron chi connectivity index (χ1n) is 7.05. The minimum absolute atomic E-state index is 0.379. The third-order valence-corrected chi connectivity index (χ3v) is 3.15. The number of fused-ring (bicyclic) bond motifs is 1. The number of para-hydroxylation sites is 2. The number of hydrogen-bond acceptors (Lipinski definition) is 7. The number of hydrogen-bond donors (Lipinski definition) is 2. The van der Waals surface area contributed by atoms with Gasteiger partial charge in [-0.3, -0.25) is 19.7 Å². The normalized spacial score (nSPS) is 16.8. The van der Waals surface area contributed by atoms with E-state index in [1.807, 2.05) is 5.32 Å². The van der Waals surface area contributed by atoms with Gasteiger partial charge in [-0.1, -0.05) is 12.1 Å².